The minimum absolute atomic E-state index is 0.0684. The third kappa shape index (κ3) is 5.47. The molecule has 0 fully saturated rings. The van der Waals surface area contributed by atoms with Gasteiger partial charge in [-0.1, -0.05) is 20.8 Å². The van der Waals surface area contributed by atoms with Crippen LogP contribution in [-0.2, 0) is 10.2 Å². The van der Waals surface area contributed by atoms with Crippen LogP contribution in [0, 0.1) is 6.92 Å². The highest BCUT2D eigenvalue weighted by atomic mass is 16.5. The second-order valence-electron chi connectivity index (χ2n) is 5.99. The number of ether oxygens (including phenoxy) is 1. The SMILES string of the molecule is CNc1nc(C(C)(C)C)nc(NCCCOCCO)c1C. The highest BCUT2D eigenvalue weighted by Gasteiger charge is 2.20. The maximum atomic E-state index is 8.64. The van der Waals surface area contributed by atoms with Gasteiger partial charge in [0.15, 0.2) is 0 Å². The van der Waals surface area contributed by atoms with Gasteiger partial charge in [-0.2, -0.15) is 0 Å². The van der Waals surface area contributed by atoms with Gasteiger partial charge in [0.25, 0.3) is 0 Å². The average molecular weight is 296 g/mol. The molecule has 6 nitrogen and oxygen atoms in total. The molecular weight excluding hydrogens is 268 g/mol. The lowest BCUT2D eigenvalue weighted by molar-refractivity contribution is 0.0922. The Balaban J connectivity index is 2.72. The molecule has 21 heavy (non-hydrogen) atoms. The van der Waals surface area contributed by atoms with Crippen LogP contribution in [0.4, 0.5) is 11.6 Å². The number of rotatable bonds is 8. The van der Waals surface area contributed by atoms with Gasteiger partial charge in [0, 0.05) is 31.2 Å². The molecule has 120 valence electrons. The molecule has 0 aliphatic heterocycles. The number of aliphatic hydroxyl groups is 1. The number of hydrogen-bond acceptors (Lipinski definition) is 6. The first-order chi connectivity index (χ1) is 9.90. The Bertz CT molecular complexity index is 444. The summed E-state index contributed by atoms with van der Waals surface area (Å²) in [6.45, 7) is 10.2. The van der Waals surface area contributed by atoms with Crippen LogP contribution in [0.1, 0.15) is 38.6 Å². The minimum Gasteiger partial charge on any atom is -0.394 e. The average Bonchev–Trinajstić information content (AvgIpc) is 2.43. The van der Waals surface area contributed by atoms with E-state index in [1.54, 1.807) is 0 Å². The molecule has 0 amide bonds. The van der Waals surface area contributed by atoms with Crippen molar-refractivity contribution >= 4 is 11.6 Å². The van der Waals surface area contributed by atoms with Gasteiger partial charge < -0.3 is 20.5 Å². The van der Waals surface area contributed by atoms with Gasteiger partial charge in [-0.05, 0) is 13.3 Å². The molecule has 0 aromatic carbocycles. The van der Waals surface area contributed by atoms with Crippen molar-refractivity contribution in [3.63, 3.8) is 0 Å². The van der Waals surface area contributed by atoms with Crippen LogP contribution in [0.25, 0.3) is 0 Å². The summed E-state index contributed by atoms with van der Waals surface area (Å²) in [5.41, 5.74) is 0.918. The largest absolute Gasteiger partial charge is 0.394 e. The third-order valence-electron chi connectivity index (χ3n) is 3.05. The number of aromatic nitrogens is 2. The van der Waals surface area contributed by atoms with Crippen LogP contribution < -0.4 is 10.6 Å². The van der Waals surface area contributed by atoms with Crippen LogP contribution in [0.5, 0.6) is 0 Å². The first-order valence-electron chi connectivity index (χ1n) is 7.39. The Hall–Kier alpha value is -1.40. The molecule has 0 unspecified atom stereocenters. The Morgan fingerprint density at radius 3 is 2.38 bits per heavy atom. The monoisotopic (exact) mass is 296 g/mol. The van der Waals surface area contributed by atoms with E-state index in [4.69, 9.17) is 9.84 Å². The van der Waals surface area contributed by atoms with Crippen molar-refractivity contribution in [2.45, 2.75) is 39.5 Å². The zero-order valence-electron chi connectivity index (χ0n) is 13.8. The lowest BCUT2D eigenvalue weighted by atomic mass is 9.95. The Labute approximate surface area is 127 Å². The fourth-order valence-corrected chi connectivity index (χ4v) is 1.82. The molecule has 0 saturated heterocycles. The lowest BCUT2D eigenvalue weighted by Crippen LogP contribution is -2.20. The Morgan fingerprint density at radius 1 is 1.14 bits per heavy atom. The number of nitrogens with one attached hydrogen (secondary N) is 2. The van der Waals surface area contributed by atoms with Crippen molar-refractivity contribution in [3.05, 3.63) is 11.4 Å². The van der Waals surface area contributed by atoms with E-state index in [2.05, 4.69) is 41.4 Å². The van der Waals surface area contributed by atoms with Crippen LogP contribution in [0.15, 0.2) is 0 Å². The van der Waals surface area contributed by atoms with E-state index in [0.29, 0.717) is 13.2 Å². The second-order valence-corrected chi connectivity index (χ2v) is 5.99. The van der Waals surface area contributed by atoms with E-state index >= 15 is 0 Å². The van der Waals surface area contributed by atoms with Crippen molar-refractivity contribution in [3.8, 4) is 0 Å². The molecule has 1 heterocycles. The van der Waals surface area contributed by atoms with E-state index in [1.165, 1.54) is 0 Å². The van der Waals surface area contributed by atoms with E-state index in [1.807, 2.05) is 14.0 Å². The molecule has 0 aliphatic rings. The standard InChI is InChI=1S/C15H28N4O2/c1-11-12(16-5)18-14(15(2,3)4)19-13(11)17-7-6-9-21-10-8-20/h20H,6-10H2,1-5H3,(H2,16,17,18,19). The van der Waals surface area contributed by atoms with Crippen molar-refractivity contribution < 1.29 is 9.84 Å². The van der Waals surface area contributed by atoms with E-state index in [9.17, 15) is 0 Å². The first kappa shape index (κ1) is 17.7. The van der Waals surface area contributed by atoms with Gasteiger partial charge >= 0.3 is 0 Å². The third-order valence-corrected chi connectivity index (χ3v) is 3.05. The summed E-state index contributed by atoms with van der Waals surface area (Å²) in [7, 11) is 1.87. The predicted octanol–water partition coefficient (Wildman–Crippen LogP) is 1.94. The fourth-order valence-electron chi connectivity index (χ4n) is 1.82. The van der Waals surface area contributed by atoms with E-state index < -0.39 is 0 Å². The van der Waals surface area contributed by atoms with Gasteiger partial charge in [-0.25, -0.2) is 9.97 Å². The van der Waals surface area contributed by atoms with Gasteiger partial charge in [0.05, 0.1) is 13.2 Å². The number of aliphatic hydroxyl groups excluding tert-OH is 1. The van der Waals surface area contributed by atoms with E-state index in [-0.39, 0.29) is 12.0 Å². The number of nitrogens with zero attached hydrogens (tertiary/aromatic N) is 2. The van der Waals surface area contributed by atoms with Crippen LogP contribution in [0.3, 0.4) is 0 Å². The molecule has 1 rings (SSSR count). The number of anilines is 2. The van der Waals surface area contributed by atoms with Gasteiger partial charge in [-0.15, -0.1) is 0 Å². The van der Waals surface area contributed by atoms with Gasteiger partial charge in [0.2, 0.25) is 0 Å². The maximum absolute atomic E-state index is 8.64. The highest BCUT2D eigenvalue weighted by molar-refractivity contribution is 5.57. The molecule has 0 aliphatic carbocycles. The Morgan fingerprint density at radius 2 is 1.81 bits per heavy atom. The lowest BCUT2D eigenvalue weighted by Gasteiger charge is -2.20. The first-order valence-corrected chi connectivity index (χ1v) is 7.39. The molecule has 0 spiro atoms. The molecular formula is C15H28N4O2. The summed E-state index contributed by atoms with van der Waals surface area (Å²) in [6, 6.07) is 0. The van der Waals surface area contributed by atoms with Gasteiger partial charge in [-0.3, -0.25) is 0 Å². The molecule has 0 atom stereocenters. The maximum Gasteiger partial charge on any atom is 0.138 e. The summed E-state index contributed by atoms with van der Waals surface area (Å²) in [6.07, 6.45) is 0.864. The molecule has 1 aromatic heterocycles. The summed E-state index contributed by atoms with van der Waals surface area (Å²) >= 11 is 0. The normalized spacial score (nSPS) is 11.5. The van der Waals surface area contributed by atoms with E-state index in [0.717, 1.165) is 36.0 Å². The zero-order chi connectivity index (χ0) is 15.9. The quantitative estimate of drug-likeness (QED) is 0.636. The summed E-state index contributed by atoms with van der Waals surface area (Å²) < 4.78 is 5.24. The molecule has 0 bridgehead atoms. The number of hydrogen-bond donors (Lipinski definition) is 3. The second kappa shape index (κ2) is 8.14. The van der Waals surface area contributed by atoms with Gasteiger partial charge in [0.1, 0.15) is 17.5 Å². The minimum atomic E-state index is -0.0973. The molecule has 1 aromatic rings. The summed E-state index contributed by atoms with van der Waals surface area (Å²) in [5, 5.41) is 15.1. The summed E-state index contributed by atoms with van der Waals surface area (Å²) in [5.74, 6) is 2.53. The smallest absolute Gasteiger partial charge is 0.138 e. The van der Waals surface area contributed by atoms with Crippen LogP contribution >= 0.6 is 0 Å². The summed E-state index contributed by atoms with van der Waals surface area (Å²) in [4.78, 5) is 9.22. The van der Waals surface area contributed by atoms with Crippen molar-refractivity contribution in [2.24, 2.45) is 0 Å². The van der Waals surface area contributed by atoms with Crippen LogP contribution in [-0.4, -0.2) is 48.5 Å². The zero-order valence-corrected chi connectivity index (χ0v) is 13.8. The fraction of sp³-hybridized carbons (Fsp3) is 0.733. The molecule has 0 radical (unpaired) electrons. The topological polar surface area (TPSA) is 79.3 Å². The van der Waals surface area contributed by atoms with Crippen molar-refractivity contribution in [2.75, 3.05) is 44.0 Å². The van der Waals surface area contributed by atoms with Crippen molar-refractivity contribution in [1.29, 1.82) is 0 Å². The highest BCUT2D eigenvalue weighted by Crippen LogP contribution is 2.25. The Kier molecular flexibility index (Phi) is 6.84. The molecule has 3 N–H and O–H groups in total. The molecule has 6 heteroatoms. The van der Waals surface area contributed by atoms with Crippen molar-refractivity contribution in [1.82, 2.24) is 9.97 Å². The molecule has 0 saturated carbocycles. The van der Waals surface area contributed by atoms with Crippen LogP contribution in [0.2, 0.25) is 0 Å². The predicted molar refractivity (Wildman–Crippen MR) is 86.0 cm³/mol.